The van der Waals surface area contributed by atoms with E-state index >= 15 is 0 Å². The van der Waals surface area contributed by atoms with Crippen molar-refractivity contribution in [3.05, 3.63) is 29.8 Å². The van der Waals surface area contributed by atoms with Crippen LogP contribution in [0, 0.1) is 35.5 Å². The molecule has 1 amide bonds. The minimum atomic E-state index is 0.289. The summed E-state index contributed by atoms with van der Waals surface area (Å²) in [5, 5.41) is 4.13. The smallest absolute Gasteiger partial charge is 0.220 e. The van der Waals surface area contributed by atoms with Crippen LogP contribution in [0.2, 0.25) is 0 Å². The Morgan fingerprint density at radius 1 is 0.929 bits per heavy atom. The fourth-order valence-corrected chi connectivity index (χ4v) is 9.07. The SMILES string of the molecule is Cc1ccc(SC2CC[C@H]3[C@@H]4CCC5NC(=O)CC[C@]5(C)[C@@H]4CC[C@]23C)cc1. The molecule has 1 saturated heterocycles. The van der Waals surface area contributed by atoms with Gasteiger partial charge in [-0.3, -0.25) is 4.79 Å². The number of carbonyl (C=O) groups excluding carboxylic acids is 1. The van der Waals surface area contributed by atoms with Gasteiger partial charge in [0.1, 0.15) is 0 Å². The van der Waals surface area contributed by atoms with Gasteiger partial charge in [-0.15, -0.1) is 11.8 Å². The number of piperidine rings is 1. The minimum Gasteiger partial charge on any atom is -0.353 e. The van der Waals surface area contributed by atoms with Gasteiger partial charge in [0.15, 0.2) is 0 Å². The summed E-state index contributed by atoms with van der Waals surface area (Å²) < 4.78 is 0. The Hall–Kier alpha value is -0.960. The lowest BCUT2D eigenvalue weighted by Crippen LogP contribution is -2.61. The van der Waals surface area contributed by atoms with E-state index in [1.165, 1.54) is 49.0 Å². The number of nitrogens with one attached hydrogen (secondary N) is 1. The number of amides is 1. The fourth-order valence-electron chi connectivity index (χ4n) is 7.63. The molecule has 1 N–H and O–H groups in total. The molecular formula is C25H35NOS. The van der Waals surface area contributed by atoms with Crippen LogP contribution >= 0.6 is 11.8 Å². The molecule has 0 bridgehead atoms. The van der Waals surface area contributed by atoms with Crippen molar-refractivity contribution in [1.29, 1.82) is 0 Å². The second kappa shape index (κ2) is 6.79. The molecule has 152 valence electrons. The summed E-state index contributed by atoms with van der Waals surface area (Å²) in [6.07, 6.45) is 9.90. The summed E-state index contributed by atoms with van der Waals surface area (Å²) in [6, 6.07) is 9.58. The fraction of sp³-hybridized carbons (Fsp3) is 0.720. The van der Waals surface area contributed by atoms with E-state index in [9.17, 15) is 4.79 Å². The Labute approximate surface area is 174 Å². The van der Waals surface area contributed by atoms with E-state index < -0.39 is 0 Å². The summed E-state index contributed by atoms with van der Waals surface area (Å²) in [7, 11) is 0. The summed E-state index contributed by atoms with van der Waals surface area (Å²) in [4.78, 5) is 13.4. The number of rotatable bonds is 2. The number of hydrogen-bond acceptors (Lipinski definition) is 2. The second-order valence-electron chi connectivity index (χ2n) is 10.6. The summed E-state index contributed by atoms with van der Waals surface area (Å²) in [6.45, 7) is 7.29. The van der Waals surface area contributed by atoms with Crippen molar-refractivity contribution in [2.24, 2.45) is 28.6 Å². The quantitative estimate of drug-likeness (QED) is 0.665. The highest BCUT2D eigenvalue weighted by Gasteiger charge is 2.60. The number of carbonyl (C=O) groups is 1. The van der Waals surface area contributed by atoms with Crippen LogP contribution in [0.1, 0.15) is 70.8 Å². The molecule has 5 rings (SSSR count). The molecule has 2 unspecified atom stereocenters. The van der Waals surface area contributed by atoms with E-state index in [-0.39, 0.29) is 5.91 Å². The molecule has 3 aliphatic carbocycles. The number of aryl methyl sites for hydroxylation is 1. The molecule has 0 spiro atoms. The highest BCUT2D eigenvalue weighted by Crippen LogP contribution is 2.66. The molecule has 1 aromatic carbocycles. The van der Waals surface area contributed by atoms with Crippen LogP contribution in [0.5, 0.6) is 0 Å². The monoisotopic (exact) mass is 397 g/mol. The van der Waals surface area contributed by atoms with E-state index in [0.717, 1.165) is 35.8 Å². The maximum Gasteiger partial charge on any atom is 0.220 e. The molecule has 1 heterocycles. The Morgan fingerprint density at radius 2 is 1.68 bits per heavy atom. The molecule has 0 radical (unpaired) electrons. The number of hydrogen-bond donors (Lipinski definition) is 1. The molecule has 1 aliphatic heterocycles. The van der Waals surface area contributed by atoms with Crippen molar-refractivity contribution >= 4 is 17.7 Å². The van der Waals surface area contributed by atoms with Crippen LogP contribution < -0.4 is 5.32 Å². The number of thioether (sulfide) groups is 1. The zero-order valence-corrected chi connectivity index (χ0v) is 18.5. The highest BCUT2D eigenvalue weighted by atomic mass is 32.2. The standard InChI is InChI=1S/C25H35NOS/c1-16-4-6-17(7-5-16)28-22-11-9-19-18-8-10-21-24(2,15-13-23(27)26-21)20(18)12-14-25(19,22)3/h4-7,18-22H,8-15H2,1-3H3,(H,26,27)/t18-,19-,20+,21?,22?,24+,25-/m0/s1. The third-order valence-electron chi connectivity index (χ3n) is 9.31. The lowest BCUT2D eigenvalue weighted by atomic mass is 9.48. The maximum atomic E-state index is 12.0. The molecule has 7 atom stereocenters. The first-order chi connectivity index (χ1) is 13.4. The normalized spacial score (nSPS) is 45.0. The van der Waals surface area contributed by atoms with Crippen LogP contribution in [-0.2, 0) is 4.79 Å². The zero-order chi connectivity index (χ0) is 19.5. The lowest BCUT2D eigenvalue weighted by Gasteiger charge is -2.60. The van der Waals surface area contributed by atoms with Gasteiger partial charge < -0.3 is 5.32 Å². The van der Waals surface area contributed by atoms with Crippen molar-refractivity contribution < 1.29 is 4.79 Å². The first-order valence-corrected chi connectivity index (χ1v) is 12.3. The first-order valence-electron chi connectivity index (χ1n) is 11.4. The van der Waals surface area contributed by atoms with Gasteiger partial charge in [-0.25, -0.2) is 0 Å². The van der Waals surface area contributed by atoms with Gasteiger partial charge >= 0.3 is 0 Å². The maximum absolute atomic E-state index is 12.0. The van der Waals surface area contributed by atoms with Crippen LogP contribution in [0.15, 0.2) is 29.2 Å². The first kappa shape index (κ1) is 19.0. The minimum absolute atomic E-state index is 0.289. The topological polar surface area (TPSA) is 29.1 Å². The predicted molar refractivity (Wildman–Crippen MR) is 116 cm³/mol. The van der Waals surface area contributed by atoms with E-state index in [2.05, 4.69) is 62.1 Å². The van der Waals surface area contributed by atoms with E-state index in [1.807, 2.05) is 0 Å². The van der Waals surface area contributed by atoms with E-state index in [0.29, 0.717) is 16.9 Å². The average Bonchev–Trinajstić information content (AvgIpc) is 3.00. The van der Waals surface area contributed by atoms with Crippen LogP contribution in [0.25, 0.3) is 0 Å². The Morgan fingerprint density at radius 3 is 2.46 bits per heavy atom. The van der Waals surface area contributed by atoms with Crippen LogP contribution in [0.3, 0.4) is 0 Å². The number of fused-ring (bicyclic) bond motifs is 5. The van der Waals surface area contributed by atoms with Gasteiger partial charge in [0.2, 0.25) is 5.91 Å². The molecule has 28 heavy (non-hydrogen) atoms. The molecular weight excluding hydrogens is 362 g/mol. The summed E-state index contributed by atoms with van der Waals surface area (Å²) in [5.41, 5.74) is 2.17. The largest absolute Gasteiger partial charge is 0.353 e. The van der Waals surface area contributed by atoms with Crippen LogP contribution in [-0.4, -0.2) is 17.2 Å². The van der Waals surface area contributed by atoms with Crippen molar-refractivity contribution in [3.8, 4) is 0 Å². The van der Waals surface area contributed by atoms with Gasteiger partial charge in [-0.2, -0.15) is 0 Å². The molecule has 0 aromatic heterocycles. The van der Waals surface area contributed by atoms with Crippen LogP contribution in [0.4, 0.5) is 0 Å². The third kappa shape index (κ3) is 2.87. The summed E-state index contributed by atoms with van der Waals surface area (Å²) in [5.74, 6) is 2.85. The van der Waals surface area contributed by atoms with Crippen molar-refractivity contribution in [2.75, 3.05) is 0 Å². The molecule has 3 heteroatoms. The van der Waals surface area contributed by atoms with E-state index in [4.69, 9.17) is 0 Å². The third-order valence-corrected chi connectivity index (χ3v) is 10.9. The molecule has 4 aliphatic rings. The van der Waals surface area contributed by atoms with Gasteiger partial charge in [-0.05, 0) is 92.6 Å². The van der Waals surface area contributed by atoms with Gasteiger partial charge in [0.25, 0.3) is 0 Å². The lowest BCUT2D eigenvalue weighted by molar-refractivity contribution is -0.135. The van der Waals surface area contributed by atoms with Gasteiger partial charge in [-0.1, -0.05) is 31.5 Å². The van der Waals surface area contributed by atoms with Crippen molar-refractivity contribution in [2.45, 2.75) is 88.3 Å². The molecule has 3 saturated carbocycles. The van der Waals surface area contributed by atoms with Crippen molar-refractivity contribution in [1.82, 2.24) is 5.32 Å². The second-order valence-corrected chi connectivity index (χ2v) is 11.9. The Balaban J connectivity index is 1.36. The Bertz CT molecular complexity index is 760. The van der Waals surface area contributed by atoms with Crippen molar-refractivity contribution in [3.63, 3.8) is 0 Å². The molecule has 2 nitrogen and oxygen atoms in total. The average molecular weight is 398 g/mol. The number of benzene rings is 1. The van der Waals surface area contributed by atoms with Gasteiger partial charge in [0.05, 0.1) is 0 Å². The molecule has 4 fully saturated rings. The zero-order valence-electron chi connectivity index (χ0n) is 17.7. The Kier molecular flexibility index (Phi) is 4.61. The van der Waals surface area contributed by atoms with Gasteiger partial charge in [0, 0.05) is 22.6 Å². The molecule has 1 aromatic rings. The predicted octanol–water partition coefficient (Wildman–Crippen LogP) is 5.98. The van der Waals surface area contributed by atoms with E-state index in [1.54, 1.807) is 0 Å². The highest BCUT2D eigenvalue weighted by molar-refractivity contribution is 8.00. The summed E-state index contributed by atoms with van der Waals surface area (Å²) >= 11 is 2.15.